The summed E-state index contributed by atoms with van der Waals surface area (Å²) >= 11 is 0. The lowest BCUT2D eigenvalue weighted by molar-refractivity contribution is 0.415. The lowest BCUT2D eigenvalue weighted by Gasteiger charge is -2.13. The third-order valence-corrected chi connectivity index (χ3v) is 3.95. The summed E-state index contributed by atoms with van der Waals surface area (Å²) in [7, 11) is 1.67. The average Bonchev–Trinajstić information content (AvgIpc) is 3.12. The lowest BCUT2D eigenvalue weighted by atomic mass is 10.2. The highest BCUT2D eigenvalue weighted by molar-refractivity contribution is 5.64. The molecule has 0 radical (unpaired) electrons. The van der Waals surface area contributed by atoms with E-state index in [4.69, 9.17) is 4.74 Å². The summed E-state index contributed by atoms with van der Waals surface area (Å²) in [5.74, 6) is 3.17. The number of anilines is 2. The minimum atomic E-state index is 0.656. The van der Waals surface area contributed by atoms with E-state index in [1.807, 2.05) is 31.2 Å². The molecule has 1 aliphatic carbocycles. The molecule has 22 heavy (non-hydrogen) atoms. The summed E-state index contributed by atoms with van der Waals surface area (Å²) < 4.78 is 7.09. The molecule has 2 aromatic heterocycles. The van der Waals surface area contributed by atoms with Gasteiger partial charge in [-0.2, -0.15) is 9.50 Å². The molecule has 0 aliphatic heterocycles. The van der Waals surface area contributed by atoms with Crippen LogP contribution < -0.4 is 10.1 Å². The predicted molar refractivity (Wildman–Crippen MR) is 83.8 cm³/mol. The molecule has 0 fully saturated rings. The summed E-state index contributed by atoms with van der Waals surface area (Å²) in [5, 5.41) is 7.95. The Balaban J connectivity index is 1.86. The van der Waals surface area contributed by atoms with Gasteiger partial charge < -0.3 is 10.1 Å². The number of fused-ring (bicyclic) bond motifs is 2. The third kappa shape index (κ3) is 2.07. The Kier molecular flexibility index (Phi) is 2.96. The number of methoxy groups -OCH3 is 1. The number of aromatic nitrogens is 4. The van der Waals surface area contributed by atoms with Crippen LogP contribution in [-0.2, 0) is 12.8 Å². The van der Waals surface area contributed by atoms with Gasteiger partial charge in [0.15, 0.2) is 0 Å². The number of nitrogens with one attached hydrogen (secondary N) is 1. The fourth-order valence-electron chi connectivity index (χ4n) is 2.95. The maximum absolute atomic E-state index is 5.29. The van der Waals surface area contributed by atoms with Crippen molar-refractivity contribution in [2.45, 2.75) is 26.2 Å². The first-order valence-corrected chi connectivity index (χ1v) is 7.41. The van der Waals surface area contributed by atoms with Gasteiger partial charge in [-0.25, -0.2) is 4.98 Å². The predicted octanol–water partition coefficient (Wildman–Crippen LogP) is 2.67. The van der Waals surface area contributed by atoms with Gasteiger partial charge in [0.25, 0.3) is 5.78 Å². The number of ether oxygens (including phenoxy) is 1. The van der Waals surface area contributed by atoms with Gasteiger partial charge in [-0.15, -0.1) is 5.10 Å². The van der Waals surface area contributed by atoms with Gasteiger partial charge >= 0.3 is 0 Å². The van der Waals surface area contributed by atoms with Crippen LogP contribution in [0, 0.1) is 6.92 Å². The molecule has 0 amide bonds. The quantitative estimate of drug-likeness (QED) is 0.805. The van der Waals surface area contributed by atoms with E-state index in [0.717, 1.165) is 48.0 Å². The van der Waals surface area contributed by atoms with E-state index < -0.39 is 0 Å². The van der Waals surface area contributed by atoms with Crippen molar-refractivity contribution in [1.82, 2.24) is 19.6 Å². The van der Waals surface area contributed by atoms with Crippen molar-refractivity contribution in [2.75, 3.05) is 12.4 Å². The zero-order chi connectivity index (χ0) is 15.1. The Morgan fingerprint density at radius 2 is 2.14 bits per heavy atom. The fourth-order valence-corrected chi connectivity index (χ4v) is 2.95. The summed E-state index contributed by atoms with van der Waals surface area (Å²) in [6.45, 7) is 1.88. The largest absolute Gasteiger partial charge is 0.497 e. The van der Waals surface area contributed by atoms with Crippen molar-refractivity contribution < 1.29 is 4.74 Å². The smallest absolute Gasteiger partial charge is 0.254 e. The zero-order valence-electron chi connectivity index (χ0n) is 12.6. The molecule has 4 rings (SSSR count). The first kappa shape index (κ1) is 13.1. The molecule has 6 nitrogen and oxygen atoms in total. The van der Waals surface area contributed by atoms with Crippen LogP contribution in [0.2, 0.25) is 0 Å². The molecular weight excluding hydrogens is 278 g/mol. The molecule has 0 atom stereocenters. The highest BCUT2D eigenvalue weighted by Crippen LogP contribution is 2.31. The molecule has 3 aromatic rings. The second kappa shape index (κ2) is 4.98. The van der Waals surface area contributed by atoms with Gasteiger partial charge in [0.2, 0.25) is 0 Å². The number of aryl methyl sites for hydroxylation is 2. The van der Waals surface area contributed by atoms with Gasteiger partial charge in [-0.3, -0.25) is 0 Å². The van der Waals surface area contributed by atoms with Crippen molar-refractivity contribution in [3.63, 3.8) is 0 Å². The third-order valence-electron chi connectivity index (χ3n) is 3.95. The molecule has 112 valence electrons. The van der Waals surface area contributed by atoms with Crippen LogP contribution in [0.5, 0.6) is 5.75 Å². The van der Waals surface area contributed by atoms with E-state index in [1.165, 1.54) is 5.56 Å². The first-order valence-electron chi connectivity index (χ1n) is 7.41. The number of hydrogen-bond acceptors (Lipinski definition) is 5. The molecule has 1 aliphatic rings. The topological polar surface area (TPSA) is 64.3 Å². The zero-order valence-corrected chi connectivity index (χ0v) is 12.6. The minimum absolute atomic E-state index is 0.656. The van der Waals surface area contributed by atoms with Crippen LogP contribution in [0.15, 0.2) is 24.3 Å². The van der Waals surface area contributed by atoms with Crippen molar-refractivity contribution in [2.24, 2.45) is 0 Å². The summed E-state index contributed by atoms with van der Waals surface area (Å²) in [6, 6.07) is 7.88. The molecule has 6 heteroatoms. The van der Waals surface area contributed by atoms with Crippen LogP contribution in [0.1, 0.15) is 23.5 Å². The Bertz CT molecular complexity index is 855. The molecular formula is C16H17N5O. The Hall–Kier alpha value is -2.63. The molecule has 1 N–H and O–H groups in total. The highest BCUT2D eigenvalue weighted by atomic mass is 16.5. The second-order valence-electron chi connectivity index (χ2n) is 5.47. The number of hydrogen-bond donors (Lipinski definition) is 1. The van der Waals surface area contributed by atoms with E-state index in [-0.39, 0.29) is 0 Å². The molecule has 1 aromatic carbocycles. The summed E-state index contributed by atoms with van der Waals surface area (Å²) in [5.41, 5.74) is 3.33. The normalized spacial score (nSPS) is 13.4. The number of nitrogens with zero attached hydrogens (tertiary/aromatic N) is 4. The Labute approximate surface area is 128 Å². The molecule has 0 unspecified atom stereocenters. The molecule has 0 saturated carbocycles. The van der Waals surface area contributed by atoms with Crippen LogP contribution in [0.3, 0.4) is 0 Å². The van der Waals surface area contributed by atoms with E-state index >= 15 is 0 Å². The van der Waals surface area contributed by atoms with Crippen LogP contribution in [0.25, 0.3) is 5.78 Å². The minimum Gasteiger partial charge on any atom is -0.497 e. The van der Waals surface area contributed by atoms with E-state index in [1.54, 1.807) is 11.6 Å². The van der Waals surface area contributed by atoms with Gasteiger partial charge in [0, 0.05) is 17.3 Å². The average molecular weight is 295 g/mol. The van der Waals surface area contributed by atoms with Crippen LogP contribution in [-0.4, -0.2) is 26.7 Å². The molecule has 2 heterocycles. The highest BCUT2D eigenvalue weighted by Gasteiger charge is 2.21. The van der Waals surface area contributed by atoms with Crippen molar-refractivity contribution in [3.8, 4) is 5.75 Å². The second-order valence-corrected chi connectivity index (χ2v) is 5.47. The fraction of sp³-hybridized carbons (Fsp3) is 0.312. The Morgan fingerprint density at radius 3 is 3.00 bits per heavy atom. The molecule has 0 saturated heterocycles. The maximum atomic E-state index is 5.29. The SMILES string of the molecule is COc1cccc(Nc2c3c(nc4nc(C)nn24)CCC3)c1. The van der Waals surface area contributed by atoms with Gasteiger partial charge in [0.05, 0.1) is 12.8 Å². The summed E-state index contributed by atoms with van der Waals surface area (Å²) in [6.07, 6.45) is 3.15. The number of benzene rings is 1. The molecule has 0 spiro atoms. The maximum Gasteiger partial charge on any atom is 0.254 e. The van der Waals surface area contributed by atoms with Crippen LogP contribution >= 0.6 is 0 Å². The van der Waals surface area contributed by atoms with Gasteiger partial charge in [0.1, 0.15) is 17.4 Å². The summed E-state index contributed by atoms with van der Waals surface area (Å²) in [4.78, 5) is 9.04. The van der Waals surface area contributed by atoms with Crippen molar-refractivity contribution >= 4 is 17.3 Å². The van der Waals surface area contributed by atoms with Crippen molar-refractivity contribution in [3.05, 3.63) is 41.3 Å². The first-order chi connectivity index (χ1) is 10.7. The van der Waals surface area contributed by atoms with Crippen molar-refractivity contribution in [1.29, 1.82) is 0 Å². The van der Waals surface area contributed by atoms with Gasteiger partial charge in [-0.05, 0) is 38.3 Å². The van der Waals surface area contributed by atoms with Gasteiger partial charge in [-0.1, -0.05) is 6.07 Å². The van der Waals surface area contributed by atoms with E-state index in [0.29, 0.717) is 5.78 Å². The number of rotatable bonds is 3. The standard InChI is InChI=1S/C16H17N5O/c1-10-17-16-19-14-8-4-7-13(14)15(21(16)20-10)18-11-5-3-6-12(9-11)22-2/h3,5-6,9,18H,4,7-8H2,1-2H3. The Morgan fingerprint density at radius 1 is 1.23 bits per heavy atom. The lowest BCUT2D eigenvalue weighted by Crippen LogP contribution is -2.07. The van der Waals surface area contributed by atoms with E-state index in [9.17, 15) is 0 Å². The monoisotopic (exact) mass is 295 g/mol. The molecule has 0 bridgehead atoms. The van der Waals surface area contributed by atoms with E-state index in [2.05, 4.69) is 20.4 Å². The van der Waals surface area contributed by atoms with Crippen LogP contribution in [0.4, 0.5) is 11.5 Å².